The van der Waals surface area contributed by atoms with Crippen molar-refractivity contribution in [2.45, 2.75) is 90.6 Å². The van der Waals surface area contributed by atoms with E-state index < -0.39 is 0 Å². The molecule has 3 unspecified atom stereocenters. The molecular formula is C36H40S3+2. The summed E-state index contributed by atoms with van der Waals surface area (Å²) in [5, 5.41) is 0.658. The Morgan fingerprint density at radius 2 is 1.54 bits per heavy atom. The maximum Gasteiger partial charge on any atom is 0.165 e. The molecule has 0 fully saturated rings. The van der Waals surface area contributed by atoms with Gasteiger partial charge >= 0.3 is 0 Å². The zero-order chi connectivity index (χ0) is 26.3. The molecule has 0 radical (unpaired) electrons. The van der Waals surface area contributed by atoms with Crippen molar-refractivity contribution in [1.29, 1.82) is 0 Å². The largest absolute Gasteiger partial charge is 0.165 e. The van der Waals surface area contributed by atoms with E-state index in [1.165, 1.54) is 83.8 Å². The van der Waals surface area contributed by atoms with Gasteiger partial charge in [0.25, 0.3) is 0 Å². The molecule has 4 aliphatic rings. The number of benzene rings is 2. The smallest absolute Gasteiger partial charge is 0.0945 e. The van der Waals surface area contributed by atoms with Crippen molar-refractivity contribution in [2.24, 2.45) is 0 Å². The van der Waals surface area contributed by atoms with Gasteiger partial charge in [-0.3, -0.25) is 0 Å². The van der Waals surface area contributed by atoms with E-state index >= 15 is 0 Å². The molecule has 0 amide bonds. The Morgan fingerprint density at radius 3 is 2.23 bits per heavy atom. The van der Waals surface area contributed by atoms with Gasteiger partial charge in [-0.1, -0.05) is 48.2 Å². The van der Waals surface area contributed by atoms with Crippen molar-refractivity contribution in [3.8, 4) is 0 Å². The number of hydrogen-bond donors (Lipinski definition) is 0. The van der Waals surface area contributed by atoms with Gasteiger partial charge in [-0.05, 0) is 123 Å². The van der Waals surface area contributed by atoms with Crippen molar-refractivity contribution in [3.05, 3.63) is 123 Å². The summed E-state index contributed by atoms with van der Waals surface area (Å²) in [5.74, 6) is 0. The molecule has 4 aliphatic carbocycles. The van der Waals surface area contributed by atoms with Gasteiger partial charge in [0.15, 0.2) is 9.79 Å². The summed E-state index contributed by atoms with van der Waals surface area (Å²) in [4.78, 5) is 10.8. The summed E-state index contributed by atoms with van der Waals surface area (Å²) < 4.78 is 0. The molecular weight excluding hydrogens is 529 g/mol. The summed E-state index contributed by atoms with van der Waals surface area (Å²) in [5.41, 5.74) is 0. The summed E-state index contributed by atoms with van der Waals surface area (Å²) in [6.07, 6.45) is 33.2. The van der Waals surface area contributed by atoms with Gasteiger partial charge in [0, 0.05) is 24.2 Å². The second-order valence-electron chi connectivity index (χ2n) is 10.7. The van der Waals surface area contributed by atoms with E-state index in [0.717, 1.165) is 6.42 Å². The second kappa shape index (κ2) is 13.5. The maximum atomic E-state index is 2.55. The van der Waals surface area contributed by atoms with Crippen LogP contribution in [0.15, 0.2) is 138 Å². The lowest BCUT2D eigenvalue weighted by molar-refractivity contribution is 0.722. The molecule has 0 spiro atoms. The van der Waals surface area contributed by atoms with Crippen LogP contribution in [-0.2, 0) is 21.8 Å². The molecule has 0 nitrogen and oxygen atoms in total. The van der Waals surface area contributed by atoms with E-state index in [9.17, 15) is 0 Å². The molecule has 39 heavy (non-hydrogen) atoms. The number of rotatable bonds is 8. The van der Waals surface area contributed by atoms with Crippen LogP contribution in [0.4, 0.5) is 0 Å². The summed E-state index contributed by atoms with van der Waals surface area (Å²) in [6.45, 7) is 0. The van der Waals surface area contributed by atoms with Crippen molar-refractivity contribution in [2.75, 3.05) is 0 Å². The Hall–Kier alpha value is -2.07. The van der Waals surface area contributed by atoms with Crippen LogP contribution >= 0.6 is 11.8 Å². The molecule has 200 valence electrons. The average molecular weight is 569 g/mol. The van der Waals surface area contributed by atoms with Crippen molar-refractivity contribution < 1.29 is 0 Å². The molecule has 2 aromatic carbocycles. The first kappa shape index (κ1) is 27.1. The fourth-order valence-corrected chi connectivity index (χ4v) is 12.1. The highest BCUT2D eigenvalue weighted by atomic mass is 32.2. The highest BCUT2D eigenvalue weighted by Crippen LogP contribution is 2.42. The Labute approximate surface area is 245 Å². The fraction of sp³-hybridized carbons (Fsp3) is 0.333. The predicted octanol–water partition coefficient (Wildman–Crippen LogP) is 10.8. The Bertz CT molecular complexity index is 1310. The maximum absolute atomic E-state index is 2.55. The molecule has 0 aromatic heterocycles. The molecule has 0 N–H and O–H groups in total. The third-order valence-corrected chi connectivity index (χ3v) is 14.2. The van der Waals surface area contributed by atoms with E-state index in [-0.39, 0.29) is 21.8 Å². The van der Waals surface area contributed by atoms with Gasteiger partial charge in [0.2, 0.25) is 0 Å². The van der Waals surface area contributed by atoms with Gasteiger partial charge in [0.05, 0.1) is 21.8 Å². The van der Waals surface area contributed by atoms with Crippen molar-refractivity contribution in [3.63, 3.8) is 0 Å². The lowest BCUT2D eigenvalue weighted by Gasteiger charge is -2.22. The molecule has 3 atom stereocenters. The topological polar surface area (TPSA) is 0 Å². The van der Waals surface area contributed by atoms with Gasteiger partial charge in [0.1, 0.15) is 20.0 Å². The highest BCUT2D eigenvalue weighted by molar-refractivity contribution is 8.04. The van der Waals surface area contributed by atoms with Gasteiger partial charge < -0.3 is 0 Å². The molecule has 0 saturated carbocycles. The van der Waals surface area contributed by atoms with Crippen LogP contribution in [0.5, 0.6) is 0 Å². The van der Waals surface area contributed by atoms with E-state index in [1.807, 2.05) is 11.8 Å². The lowest BCUT2D eigenvalue weighted by Crippen LogP contribution is -2.24. The monoisotopic (exact) mass is 568 g/mol. The quantitative estimate of drug-likeness (QED) is 0.225. The van der Waals surface area contributed by atoms with Crippen LogP contribution < -0.4 is 0 Å². The van der Waals surface area contributed by atoms with E-state index in [4.69, 9.17) is 0 Å². The van der Waals surface area contributed by atoms with Gasteiger partial charge in [-0.15, -0.1) is 0 Å². The minimum Gasteiger partial charge on any atom is -0.0945 e. The SMILES string of the molecule is C1=CCCC([S+](C2=CCCCC2)c2ccc(SC3=CC=C([S+](c4ccccc4)C4C=CCCC4)CC3)cc2)=C1. The molecule has 0 bridgehead atoms. The van der Waals surface area contributed by atoms with E-state index in [2.05, 4.69) is 103 Å². The Balaban J connectivity index is 1.19. The van der Waals surface area contributed by atoms with Crippen LogP contribution in [0.2, 0.25) is 0 Å². The average Bonchev–Trinajstić information content (AvgIpc) is 3.01. The summed E-state index contributed by atoms with van der Waals surface area (Å²) >= 11 is 1.97. The zero-order valence-corrected chi connectivity index (χ0v) is 25.3. The zero-order valence-electron chi connectivity index (χ0n) is 22.9. The van der Waals surface area contributed by atoms with Crippen LogP contribution in [0.1, 0.15) is 70.6 Å². The van der Waals surface area contributed by atoms with Crippen LogP contribution in [0, 0.1) is 0 Å². The van der Waals surface area contributed by atoms with Gasteiger partial charge in [-0.25, -0.2) is 0 Å². The van der Waals surface area contributed by atoms with Crippen LogP contribution in [0.3, 0.4) is 0 Å². The van der Waals surface area contributed by atoms with Crippen LogP contribution in [-0.4, -0.2) is 5.25 Å². The number of hydrogen-bond acceptors (Lipinski definition) is 1. The first-order chi connectivity index (χ1) is 19.3. The number of allylic oxidation sites excluding steroid dienone is 11. The molecule has 0 saturated heterocycles. The predicted molar refractivity (Wildman–Crippen MR) is 175 cm³/mol. The van der Waals surface area contributed by atoms with Crippen molar-refractivity contribution >= 4 is 33.6 Å². The van der Waals surface area contributed by atoms with Gasteiger partial charge in [-0.2, -0.15) is 0 Å². The first-order valence-electron chi connectivity index (χ1n) is 14.8. The standard InChI is InChI=1S/C36H40S3/c1-5-13-31(14-6-1)38(32-15-7-2-8-16-32)35-25-21-29(22-26-35)37-30-23-27-36(28-24-30)39(33-17-9-3-10-18-33)34-19-11-4-12-20-34/h1,3,5-7,9,13-15,17,19,21,23-25,27-28,32H,2,4,8,10-12,16,18,20,22,26H2/q+2. The van der Waals surface area contributed by atoms with E-state index in [0.29, 0.717) is 5.25 Å². The lowest BCUT2D eigenvalue weighted by atomic mass is 10.1. The molecule has 0 aliphatic heterocycles. The highest BCUT2D eigenvalue weighted by Gasteiger charge is 2.37. The first-order valence-corrected chi connectivity index (χ1v) is 18.1. The second-order valence-corrected chi connectivity index (χ2v) is 16.3. The molecule has 0 heterocycles. The third kappa shape index (κ3) is 6.81. The molecule has 2 aromatic rings. The van der Waals surface area contributed by atoms with Crippen LogP contribution in [0.25, 0.3) is 0 Å². The van der Waals surface area contributed by atoms with E-state index in [1.54, 1.807) is 14.7 Å². The molecule has 3 heteroatoms. The Kier molecular flexibility index (Phi) is 9.40. The number of thioether (sulfide) groups is 1. The van der Waals surface area contributed by atoms with Crippen molar-refractivity contribution in [1.82, 2.24) is 0 Å². The third-order valence-electron chi connectivity index (χ3n) is 7.92. The minimum absolute atomic E-state index is 0.126. The minimum atomic E-state index is 0.126. The summed E-state index contributed by atoms with van der Waals surface area (Å²) in [6, 6.07) is 20.9. The molecule has 6 rings (SSSR count). The summed E-state index contributed by atoms with van der Waals surface area (Å²) in [7, 11) is 0.296. The Morgan fingerprint density at radius 1 is 0.641 bits per heavy atom. The normalized spacial score (nSPS) is 22.8. The fourth-order valence-electron chi connectivity index (χ4n) is 5.94.